The van der Waals surface area contributed by atoms with Crippen LogP contribution in [0.3, 0.4) is 0 Å². The first-order valence-corrected chi connectivity index (χ1v) is 3.26. The topological polar surface area (TPSA) is 29.1 Å². The molecule has 0 aromatic heterocycles. The Balaban J connectivity index is 0.000000810. The Morgan fingerprint density at radius 2 is 1.90 bits per heavy atom. The van der Waals surface area contributed by atoms with Crippen LogP contribution in [0, 0.1) is 0 Å². The van der Waals surface area contributed by atoms with Gasteiger partial charge in [-0.3, -0.25) is 4.79 Å². The summed E-state index contributed by atoms with van der Waals surface area (Å²) in [5, 5.41) is 2.71. The fraction of sp³-hybridized carbons (Fsp3) is 0.571. The van der Waals surface area contributed by atoms with Gasteiger partial charge in [0, 0.05) is 12.1 Å². The average molecular weight is 149 g/mol. The predicted octanol–water partition coefficient (Wildman–Crippen LogP) is 0.542. The average Bonchev–Trinajstić information content (AvgIpc) is 1.93. The van der Waals surface area contributed by atoms with Gasteiger partial charge in [0.25, 0.3) is 0 Å². The molecule has 1 rings (SSSR count). The summed E-state index contributed by atoms with van der Waals surface area (Å²) in [5.74, 6) is 0.123. The van der Waals surface area contributed by atoms with Gasteiger partial charge in [-0.05, 0) is 19.3 Å². The standard InChI is InChI=1S/C7H11NO.Na.H/c1-6-4-2-3-5-7(9)8-6;;/h1-5H2,(H,8,9);;. The van der Waals surface area contributed by atoms with Crippen molar-refractivity contribution < 1.29 is 4.79 Å². The summed E-state index contributed by atoms with van der Waals surface area (Å²) in [7, 11) is 0. The number of hydrogen-bond acceptors (Lipinski definition) is 1. The van der Waals surface area contributed by atoms with Crippen LogP contribution in [-0.4, -0.2) is 35.5 Å². The molecule has 1 fully saturated rings. The second kappa shape index (κ2) is 4.94. The van der Waals surface area contributed by atoms with E-state index in [1.54, 1.807) is 0 Å². The van der Waals surface area contributed by atoms with Crippen molar-refractivity contribution in [1.82, 2.24) is 5.32 Å². The van der Waals surface area contributed by atoms with Crippen LogP contribution >= 0.6 is 0 Å². The third-order valence-corrected chi connectivity index (χ3v) is 1.45. The van der Waals surface area contributed by atoms with Crippen LogP contribution in [0.25, 0.3) is 0 Å². The van der Waals surface area contributed by atoms with E-state index in [-0.39, 0.29) is 35.5 Å². The first-order valence-electron chi connectivity index (χ1n) is 3.26. The van der Waals surface area contributed by atoms with Gasteiger partial charge in [0.1, 0.15) is 0 Å². The van der Waals surface area contributed by atoms with Crippen molar-refractivity contribution in [3.63, 3.8) is 0 Å². The molecule has 1 aliphatic rings. The summed E-state index contributed by atoms with van der Waals surface area (Å²) in [4.78, 5) is 10.7. The van der Waals surface area contributed by atoms with Crippen molar-refractivity contribution in [3.05, 3.63) is 12.3 Å². The minimum absolute atomic E-state index is 0. The van der Waals surface area contributed by atoms with Gasteiger partial charge in [-0.2, -0.15) is 0 Å². The fourth-order valence-electron chi connectivity index (χ4n) is 0.946. The molecule has 0 bridgehead atoms. The zero-order chi connectivity index (χ0) is 6.69. The van der Waals surface area contributed by atoms with E-state index in [2.05, 4.69) is 11.9 Å². The molecule has 10 heavy (non-hydrogen) atoms. The Kier molecular flexibility index (Phi) is 5.04. The van der Waals surface area contributed by atoms with Crippen LogP contribution in [0.5, 0.6) is 0 Å². The minimum atomic E-state index is 0. The van der Waals surface area contributed by atoms with Crippen molar-refractivity contribution in [2.75, 3.05) is 0 Å². The zero-order valence-electron chi connectivity index (χ0n) is 5.44. The van der Waals surface area contributed by atoms with Gasteiger partial charge >= 0.3 is 29.6 Å². The molecule has 0 atom stereocenters. The molecule has 1 amide bonds. The summed E-state index contributed by atoms with van der Waals surface area (Å²) in [6.07, 6.45) is 3.72. The Morgan fingerprint density at radius 1 is 1.30 bits per heavy atom. The predicted molar refractivity (Wildman–Crippen MR) is 42.9 cm³/mol. The van der Waals surface area contributed by atoms with Crippen LogP contribution in [0.15, 0.2) is 12.3 Å². The fourth-order valence-corrected chi connectivity index (χ4v) is 0.946. The Hall–Kier alpha value is 0.210. The molecule has 0 aromatic carbocycles. The van der Waals surface area contributed by atoms with Crippen molar-refractivity contribution in [2.24, 2.45) is 0 Å². The molecular formula is C7H12NNaO. The van der Waals surface area contributed by atoms with Crippen molar-refractivity contribution in [3.8, 4) is 0 Å². The summed E-state index contributed by atoms with van der Waals surface area (Å²) in [5.41, 5.74) is 0.873. The van der Waals surface area contributed by atoms with Gasteiger partial charge in [0.05, 0.1) is 0 Å². The number of allylic oxidation sites excluding steroid dienone is 1. The molecule has 1 heterocycles. The maximum absolute atomic E-state index is 10.7. The molecule has 0 saturated carbocycles. The molecule has 3 heteroatoms. The SMILES string of the molecule is C=C1CCCCC(=O)N1.[NaH]. The molecule has 1 saturated heterocycles. The Bertz CT molecular complexity index is 129. The normalized spacial score (nSPS) is 18.8. The number of nitrogens with one attached hydrogen (secondary N) is 1. The quantitative estimate of drug-likeness (QED) is 0.500. The molecule has 0 unspecified atom stereocenters. The number of carbonyl (C=O) groups excluding carboxylic acids is 1. The third-order valence-electron chi connectivity index (χ3n) is 1.45. The van der Waals surface area contributed by atoms with E-state index in [9.17, 15) is 4.79 Å². The first kappa shape index (κ1) is 10.2. The van der Waals surface area contributed by atoms with Crippen LogP contribution in [0.4, 0.5) is 0 Å². The molecule has 0 spiro atoms. The van der Waals surface area contributed by atoms with Gasteiger partial charge in [-0.15, -0.1) is 0 Å². The van der Waals surface area contributed by atoms with Crippen LogP contribution in [-0.2, 0) is 4.79 Å². The van der Waals surface area contributed by atoms with Gasteiger partial charge in [0.15, 0.2) is 0 Å². The van der Waals surface area contributed by atoms with E-state index in [0.717, 1.165) is 25.0 Å². The summed E-state index contributed by atoms with van der Waals surface area (Å²) < 4.78 is 0. The first-order chi connectivity index (χ1) is 4.29. The third kappa shape index (κ3) is 3.40. The molecule has 0 aliphatic carbocycles. The molecule has 1 N–H and O–H groups in total. The zero-order valence-corrected chi connectivity index (χ0v) is 5.44. The second-order valence-corrected chi connectivity index (χ2v) is 2.36. The van der Waals surface area contributed by atoms with Crippen molar-refractivity contribution in [2.45, 2.75) is 25.7 Å². The van der Waals surface area contributed by atoms with E-state index >= 15 is 0 Å². The van der Waals surface area contributed by atoms with E-state index in [0.29, 0.717) is 6.42 Å². The van der Waals surface area contributed by atoms with E-state index in [4.69, 9.17) is 0 Å². The van der Waals surface area contributed by atoms with E-state index in [1.165, 1.54) is 0 Å². The number of amides is 1. The molecule has 0 radical (unpaired) electrons. The molecule has 52 valence electrons. The van der Waals surface area contributed by atoms with Gasteiger partial charge in [-0.25, -0.2) is 0 Å². The molecular weight excluding hydrogens is 137 g/mol. The number of rotatable bonds is 0. The second-order valence-electron chi connectivity index (χ2n) is 2.36. The van der Waals surface area contributed by atoms with Crippen LogP contribution < -0.4 is 5.32 Å². The number of carbonyl (C=O) groups is 1. The Labute approximate surface area is 83.4 Å². The van der Waals surface area contributed by atoms with Crippen molar-refractivity contribution in [1.29, 1.82) is 0 Å². The molecule has 1 aliphatic heterocycles. The molecule has 2 nitrogen and oxygen atoms in total. The van der Waals surface area contributed by atoms with Crippen molar-refractivity contribution >= 4 is 35.5 Å². The Morgan fingerprint density at radius 3 is 2.60 bits per heavy atom. The molecule has 0 aromatic rings. The summed E-state index contributed by atoms with van der Waals surface area (Å²) in [6.45, 7) is 3.69. The number of hydrogen-bond donors (Lipinski definition) is 1. The van der Waals surface area contributed by atoms with Crippen LogP contribution in [0.1, 0.15) is 25.7 Å². The van der Waals surface area contributed by atoms with Gasteiger partial charge < -0.3 is 5.32 Å². The van der Waals surface area contributed by atoms with E-state index < -0.39 is 0 Å². The van der Waals surface area contributed by atoms with Crippen LogP contribution in [0.2, 0.25) is 0 Å². The van der Waals surface area contributed by atoms with E-state index in [1.807, 2.05) is 0 Å². The monoisotopic (exact) mass is 149 g/mol. The summed E-state index contributed by atoms with van der Waals surface area (Å²) in [6, 6.07) is 0. The van der Waals surface area contributed by atoms with Gasteiger partial charge in [-0.1, -0.05) is 6.58 Å². The summed E-state index contributed by atoms with van der Waals surface area (Å²) >= 11 is 0. The maximum atomic E-state index is 10.7. The van der Waals surface area contributed by atoms with Gasteiger partial charge in [0.2, 0.25) is 5.91 Å².